The predicted molar refractivity (Wildman–Crippen MR) is 62.7 cm³/mol. The first-order valence-electron chi connectivity index (χ1n) is 5.38. The molecule has 1 rings (SSSR count). The zero-order valence-electron chi connectivity index (χ0n) is 9.83. The molecule has 0 radical (unpaired) electrons. The van der Waals surface area contributed by atoms with E-state index in [1.807, 2.05) is 4.90 Å². The summed E-state index contributed by atoms with van der Waals surface area (Å²) in [6.45, 7) is 10.6. The molecule has 0 aromatic heterocycles. The van der Waals surface area contributed by atoms with Crippen LogP contribution in [0.1, 0.15) is 47.5 Å². The minimum absolute atomic E-state index is 0.0803. The van der Waals surface area contributed by atoms with E-state index in [-0.39, 0.29) is 10.8 Å². The van der Waals surface area contributed by atoms with Crippen LogP contribution in [0.3, 0.4) is 0 Å². The Morgan fingerprint density at radius 1 is 1.64 bits per heavy atom. The van der Waals surface area contributed by atoms with Gasteiger partial charge in [-0.1, -0.05) is 25.6 Å². The smallest absolute Gasteiger partial charge is 0.282 e. The van der Waals surface area contributed by atoms with Crippen LogP contribution in [0.4, 0.5) is 4.79 Å². The molecule has 2 unspecified atom stereocenters. The molecule has 0 spiro atoms. The topological polar surface area (TPSA) is 20.3 Å². The number of nitrogens with zero attached hydrogens (tertiary/aromatic N) is 1. The van der Waals surface area contributed by atoms with Crippen molar-refractivity contribution in [2.45, 2.75) is 64.3 Å². The van der Waals surface area contributed by atoms with Gasteiger partial charge in [0.2, 0.25) is 0 Å². The molecule has 1 saturated heterocycles. The lowest BCUT2D eigenvalue weighted by molar-refractivity contribution is 0.0135. The summed E-state index contributed by atoms with van der Waals surface area (Å²) >= 11 is 1.48. The van der Waals surface area contributed by atoms with Crippen molar-refractivity contribution in [3.63, 3.8) is 0 Å². The molecule has 0 aromatic carbocycles. The highest BCUT2D eigenvalue weighted by Gasteiger charge is 2.45. The Morgan fingerprint density at radius 2 is 2.21 bits per heavy atom. The lowest BCUT2D eigenvalue weighted by atomic mass is 9.83. The van der Waals surface area contributed by atoms with E-state index in [2.05, 4.69) is 34.6 Å². The highest BCUT2D eigenvalue weighted by Crippen LogP contribution is 2.39. The number of rotatable bonds is 2. The van der Waals surface area contributed by atoms with Crippen molar-refractivity contribution in [2.24, 2.45) is 0 Å². The molecule has 1 fully saturated rings. The quantitative estimate of drug-likeness (QED) is 0.702. The third-order valence-corrected chi connectivity index (χ3v) is 4.10. The highest BCUT2D eigenvalue weighted by molar-refractivity contribution is 8.14. The zero-order chi connectivity index (χ0) is 10.9. The van der Waals surface area contributed by atoms with Crippen LogP contribution in [0, 0.1) is 0 Å². The summed E-state index contributed by atoms with van der Waals surface area (Å²) in [7, 11) is 0. The molecule has 3 heteroatoms. The van der Waals surface area contributed by atoms with E-state index in [0.717, 1.165) is 12.8 Å². The molecule has 14 heavy (non-hydrogen) atoms. The van der Waals surface area contributed by atoms with E-state index in [1.54, 1.807) is 0 Å². The maximum atomic E-state index is 11.9. The summed E-state index contributed by atoms with van der Waals surface area (Å²) in [5.41, 5.74) is 0.0803. The summed E-state index contributed by atoms with van der Waals surface area (Å²) in [6.07, 6.45) is 2.18. The Bertz CT molecular complexity index is 227. The van der Waals surface area contributed by atoms with Gasteiger partial charge in [-0.2, -0.15) is 0 Å². The van der Waals surface area contributed by atoms with Gasteiger partial charge in [-0.05, 0) is 33.6 Å². The van der Waals surface area contributed by atoms with Crippen molar-refractivity contribution in [3.8, 4) is 0 Å². The first-order valence-corrected chi connectivity index (χ1v) is 6.26. The summed E-state index contributed by atoms with van der Waals surface area (Å²) < 4.78 is 0. The number of thioether (sulfide) groups is 1. The lowest BCUT2D eigenvalue weighted by Crippen LogP contribution is -2.62. The Kier molecular flexibility index (Phi) is 3.51. The van der Waals surface area contributed by atoms with Gasteiger partial charge in [-0.15, -0.1) is 0 Å². The van der Waals surface area contributed by atoms with Crippen molar-refractivity contribution in [3.05, 3.63) is 0 Å². The molecule has 0 aliphatic carbocycles. The van der Waals surface area contributed by atoms with Crippen molar-refractivity contribution in [1.29, 1.82) is 0 Å². The number of hydrogen-bond donors (Lipinski definition) is 0. The molecule has 0 aromatic rings. The number of carbonyl (C=O) groups excluding carboxylic acids is 1. The van der Waals surface area contributed by atoms with Gasteiger partial charge in [0.05, 0.1) is 0 Å². The molecule has 1 aliphatic heterocycles. The summed E-state index contributed by atoms with van der Waals surface area (Å²) in [6, 6.07) is 0.425. The van der Waals surface area contributed by atoms with Crippen LogP contribution in [0.15, 0.2) is 0 Å². The first kappa shape index (κ1) is 11.9. The molecular formula is C11H21NOS. The van der Waals surface area contributed by atoms with Gasteiger partial charge in [-0.3, -0.25) is 4.79 Å². The minimum atomic E-state index is 0.0803. The largest absolute Gasteiger partial charge is 0.326 e. The van der Waals surface area contributed by atoms with Gasteiger partial charge in [0.15, 0.2) is 0 Å². The van der Waals surface area contributed by atoms with Crippen LogP contribution in [0.2, 0.25) is 0 Å². The zero-order valence-corrected chi connectivity index (χ0v) is 10.6. The van der Waals surface area contributed by atoms with E-state index in [9.17, 15) is 4.79 Å². The second-order valence-corrected chi connectivity index (χ2v) is 6.23. The second kappa shape index (κ2) is 4.13. The van der Waals surface area contributed by atoms with Crippen LogP contribution in [0.25, 0.3) is 0 Å². The van der Waals surface area contributed by atoms with Crippen molar-refractivity contribution >= 4 is 17.0 Å². The first-order chi connectivity index (χ1) is 6.38. The molecule has 1 aliphatic rings. The van der Waals surface area contributed by atoms with Crippen LogP contribution in [-0.2, 0) is 0 Å². The van der Waals surface area contributed by atoms with E-state index in [1.165, 1.54) is 11.8 Å². The van der Waals surface area contributed by atoms with Gasteiger partial charge < -0.3 is 4.90 Å². The second-order valence-electron chi connectivity index (χ2n) is 4.84. The van der Waals surface area contributed by atoms with Gasteiger partial charge in [-0.25, -0.2) is 0 Å². The number of likely N-dealkylation sites (tertiary alicyclic amines) is 1. The molecule has 0 bridgehead atoms. The highest BCUT2D eigenvalue weighted by atomic mass is 32.2. The van der Waals surface area contributed by atoms with Crippen LogP contribution in [-0.4, -0.2) is 27.0 Å². The minimum Gasteiger partial charge on any atom is -0.326 e. The molecular weight excluding hydrogens is 194 g/mol. The van der Waals surface area contributed by atoms with E-state index in [4.69, 9.17) is 0 Å². The van der Waals surface area contributed by atoms with E-state index < -0.39 is 0 Å². The van der Waals surface area contributed by atoms with Crippen LogP contribution >= 0.6 is 11.8 Å². The Hall–Kier alpha value is -0.180. The standard InChI is InChI=1S/C11H21NOS/c1-6-9(3)14-10(13)12-8(2)7-11(12,4)5/h8-9H,6-7H2,1-5H3. The summed E-state index contributed by atoms with van der Waals surface area (Å²) in [5, 5.41) is 0.689. The molecule has 2 atom stereocenters. The number of carbonyl (C=O) groups is 1. The molecule has 82 valence electrons. The third kappa shape index (κ3) is 2.25. The van der Waals surface area contributed by atoms with Gasteiger partial charge in [0.25, 0.3) is 5.24 Å². The Labute approximate surface area is 91.4 Å². The number of hydrogen-bond acceptors (Lipinski definition) is 2. The monoisotopic (exact) mass is 215 g/mol. The molecule has 0 saturated carbocycles. The average molecular weight is 215 g/mol. The van der Waals surface area contributed by atoms with E-state index >= 15 is 0 Å². The van der Waals surface area contributed by atoms with Crippen LogP contribution < -0.4 is 0 Å². The summed E-state index contributed by atoms with van der Waals surface area (Å²) in [5.74, 6) is 0. The Balaban J connectivity index is 2.52. The molecule has 1 heterocycles. The molecule has 0 N–H and O–H groups in total. The van der Waals surface area contributed by atoms with Crippen LogP contribution in [0.5, 0.6) is 0 Å². The average Bonchev–Trinajstić information content (AvgIpc) is 2.01. The fourth-order valence-electron chi connectivity index (χ4n) is 2.14. The Morgan fingerprint density at radius 3 is 2.57 bits per heavy atom. The van der Waals surface area contributed by atoms with Crippen molar-refractivity contribution in [2.75, 3.05) is 0 Å². The SMILES string of the molecule is CCC(C)SC(=O)N1C(C)CC1(C)C. The molecule has 2 nitrogen and oxygen atoms in total. The normalized spacial score (nSPS) is 26.9. The van der Waals surface area contributed by atoms with E-state index in [0.29, 0.717) is 11.3 Å². The fraction of sp³-hybridized carbons (Fsp3) is 0.909. The maximum absolute atomic E-state index is 11.9. The van der Waals surface area contributed by atoms with Crippen molar-refractivity contribution < 1.29 is 4.79 Å². The van der Waals surface area contributed by atoms with Gasteiger partial charge >= 0.3 is 0 Å². The third-order valence-electron chi connectivity index (χ3n) is 2.96. The van der Waals surface area contributed by atoms with Crippen molar-refractivity contribution in [1.82, 2.24) is 4.90 Å². The molecule has 1 amide bonds. The maximum Gasteiger partial charge on any atom is 0.282 e. The summed E-state index contributed by atoms with van der Waals surface area (Å²) in [4.78, 5) is 13.9. The van der Waals surface area contributed by atoms with Gasteiger partial charge in [0, 0.05) is 16.8 Å². The number of amides is 1. The fourth-order valence-corrected chi connectivity index (χ4v) is 3.19. The lowest BCUT2D eigenvalue weighted by Gasteiger charge is -2.53. The van der Waals surface area contributed by atoms with Gasteiger partial charge in [0.1, 0.15) is 0 Å². The predicted octanol–water partition coefficient (Wildman–Crippen LogP) is 3.51.